The number of rotatable bonds is 9. The van der Waals surface area contributed by atoms with Crippen molar-refractivity contribution in [2.75, 3.05) is 32.4 Å². The average molecular weight is 462 g/mol. The second-order valence-corrected chi connectivity index (χ2v) is 10.5. The van der Waals surface area contributed by atoms with E-state index in [-0.39, 0.29) is 11.8 Å². The van der Waals surface area contributed by atoms with Gasteiger partial charge in [0.2, 0.25) is 5.91 Å². The highest BCUT2D eigenvalue weighted by molar-refractivity contribution is 7.99. The molecule has 5 heteroatoms. The zero-order valence-electron chi connectivity index (χ0n) is 19.2. The van der Waals surface area contributed by atoms with Crippen LogP contribution >= 0.6 is 11.8 Å². The van der Waals surface area contributed by atoms with E-state index in [0.29, 0.717) is 5.75 Å². The lowest BCUT2D eigenvalue weighted by Crippen LogP contribution is -2.51. The van der Waals surface area contributed by atoms with E-state index >= 15 is 0 Å². The second-order valence-electron chi connectivity index (χ2n) is 9.34. The lowest BCUT2D eigenvalue weighted by atomic mass is 9.64. The maximum absolute atomic E-state index is 13.3. The van der Waals surface area contributed by atoms with E-state index < -0.39 is 5.41 Å². The first-order valence-corrected chi connectivity index (χ1v) is 12.6. The van der Waals surface area contributed by atoms with Crippen molar-refractivity contribution >= 4 is 17.7 Å². The molecule has 1 heterocycles. The molecular weight excluding hydrogens is 428 g/mol. The fraction of sp³-hybridized carbons (Fsp3) is 0.321. The summed E-state index contributed by atoms with van der Waals surface area (Å²) in [5.74, 6) is 1.22. The molecule has 0 radical (unpaired) electrons. The number of benzene rings is 3. The molecule has 33 heavy (non-hydrogen) atoms. The summed E-state index contributed by atoms with van der Waals surface area (Å²) in [4.78, 5) is 14.4. The minimum absolute atomic E-state index is 0.148. The normalized spacial score (nSPS) is 20.6. The largest absolute Gasteiger partial charge is 0.508 e. The molecule has 172 valence electrons. The molecule has 0 aromatic heterocycles. The van der Waals surface area contributed by atoms with Crippen LogP contribution < -0.4 is 5.73 Å². The molecule has 1 aliphatic heterocycles. The predicted octanol–water partition coefficient (Wildman–Crippen LogP) is 4.81. The summed E-state index contributed by atoms with van der Waals surface area (Å²) < 4.78 is 0.954. The topological polar surface area (TPSA) is 63.3 Å². The van der Waals surface area contributed by atoms with Gasteiger partial charge in [0.1, 0.15) is 11.2 Å². The van der Waals surface area contributed by atoms with Gasteiger partial charge in [-0.1, -0.05) is 60.7 Å². The summed E-state index contributed by atoms with van der Waals surface area (Å²) in [6.07, 6.45) is 2.06. The number of nitrogens with zero attached hydrogens (tertiary/aromatic N) is 1. The van der Waals surface area contributed by atoms with Crippen LogP contribution in [0, 0.1) is 5.92 Å². The standard InChI is InChI=1S/C28H32N2O2S/c1-30(18-8-20-33-26-15-13-25(31)14-16-26)19-17-24(21-30)28(27(29)32,22-9-4-2-5-10-22)23-11-6-3-7-12-23/h2-7,9-16,24H,8,17-21H2,1H3,(H2-,29,31,32)/p+1/t24?,30-/m1/s1. The number of amides is 1. The molecule has 0 bridgehead atoms. The van der Waals surface area contributed by atoms with Gasteiger partial charge in [0.25, 0.3) is 0 Å². The second kappa shape index (κ2) is 10.0. The summed E-state index contributed by atoms with van der Waals surface area (Å²) in [5.41, 5.74) is 7.40. The van der Waals surface area contributed by atoms with Gasteiger partial charge >= 0.3 is 0 Å². The molecule has 1 saturated heterocycles. The van der Waals surface area contributed by atoms with Crippen molar-refractivity contribution < 1.29 is 14.4 Å². The van der Waals surface area contributed by atoms with Crippen LogP contribution in [0.4, 0.5) is 0 Å². The number of phenols is 1. The number of hydrogen-bond acceptors (Lipinski definition) is 3. The first kappa shape index (κ1) is 23.4. The van der Waals surface area contributed by atoms with Gasteiger partial charge in [-0.05, 0) is 35.4 Å². The number of quaternary nitrogens is 1. The molecule has 1 aliphatic rings. The van der Waals surface area contributed by atoms with Crippen molar-refractivity contribution in [3.8, 4) is 5.75 Å². The monoisotopic (exact) mass is 461 g/mol. The third-order valence-electron chi connectivity index (χ3n) is 7.09. The van der Waals surface area contributed by atoms with Crippen LogP contribution in [0.2, 0.25) is 0 Å². The van der Waals surface area contributed by atoms with E-state index in [0.717, 1.165) is 53.8 Å². The molecule has 1 fully saturated rings. The number of likely N-dealkylation sites (tertiary alicyclic amines) is 1. The Morgan fingerprint density at radius 1 is 1.00 bits per heavy atom. The van der Waals surface area contributed by atoms with Crippen LogP contribution in [0.3, 0.4) is 0 Å². The van der Waals surface area contributed by atoms with Gasteiger partial charge in [-0.15, -0.1) is 11.8 Å². The summed E-state index contributed by atoms with van der Waals surface area (Å²) in [7, 11) is 2.31. The lowest BCUT2D eigenvalue weighted by Gasteiger charge is -2.38. The van der Waals surface area contributed by atoms with Crippen molar-refractivity contribution in [3.05, 3.63) is 96.1 Å². The van der Waals surface area contributed by atoms with E-state index in [1.165, 1.54) is 4.90 Å². The maximum atomic E-state index is 13.3. The summed E-state index contributed by atoms with van der Waals surface area (Å²) >= 11 is 1.82. The molecule has 0 aliphatic carbocycles. The zero-order chi connectivity index (χ0) is 23.3. The van der Waals surface area contributed by atoms with E-state index in [4.69, 9.17) is 5.73 Å². The average Bonchev–Trinajstić information content (AvgIpc) is 3.22. The number of primary amides is 1. The molecule has 0 spiro atoms. The molecule has 4 rings (SSSR count). The quantitative estimate of drug-likeness (QED) is 0.273. The number of thioether (sulfide) groups is 1. The lowest BCUT2D eigenvalue weighted by molar-refractivity contribution is -0.899. The summed E-state index contributed by atoms with van der Waals surface area (Å²) in [6.45, 7) is 3.04. The SMILES string of the molecule is C[N@@+]1(CCCSc2ccc(O)cc2)CCC(C(C(N)=O)(c2ccccc2)c2ccccc2)C1. The van der Waals surface area contributed by atoms with Crippen LogP contribution in [0.25, 0.3) is 0 Å². The van der Waals surface area contributed by atoms with E-state index in [9.17, 15) is 9.90 Å². The Hall–Kier alpha value is -2.76. The molecule has 1 amide bonds. The Kier molecular flexibility index (Phi) is 7.11. The number of nitrogens with two attached hydrogens (primary N) is 1. The zero-order valence-corrected chi connectivity index (χ0v) is 20.0. The number of carbonyl (C=O) groups excluding carboxylic acids is 1. The predicted molar refractivity (Wildman–Crippen MR) is 135 cm³/mol. The van der Waals surface area contributed by atoms with E-state index in [1.54, 1.807) is 12.1 Å². The Bertz CT molecular complexity index is 1020. The molecule has 3 aromatic carbocycles. The molecule has 0 saturated carbocycles. The Morgan fingerprint density at radius 2 is 1.58 bits per heavy atom. The van der Waals surface area contributed by atoms with E-state index in [2.05, 4.69) is 31.3 Å². The van der Waals surface area contributed by atoms with Gasteiger partial charge in [-0.25, -0.2) is 0 Å². The molecule has 3 aromatic rings. The van der Waals surface area contributed by atoms with Crippen molar-refractivity contribution in [1.82, 2.24) is 0 Å². The van der Waals surface area contributed by atoms with Gasteiger partial charge in [-0.3, -0.25) is 4.79 Å². The Balaban J connectivity index is 1.51. The van der Waals surface area contributed by atoms with Gasteiger partial charge in [0.05, 0.1) is 26.7 Å². The van der Waals surface area contributed by atoms with Gasteiger partial charge in [0, 0.05) is 29.4 Å². The molecular formula is C28H33N2O2S+. The van der Waals surface area contributed by atoms with Gasteiger partial charge < -0.3 is 15.3 Å². The fourth-order valence-corrected chi connectivity index (χ4v) is 6.28. The highest BCUT2D eigenvalue weighted by atomic mass is 32.2. The summed E-state index contributed by atoms with van der Waals surface area (Å²) in [6, 6.07) is 27.6. The van der Waals surface area contributed by atoms with Crippen LogP contribution in [-0.4, -0.2) is 47.9 Å². The molecule has 2 atom stereocenters. The van der Waals surface area contributed by atoms with Crippen LogP contribution in [-0.2, 0) is 10.2 Å². The first-order valence-electron chi connectivity index (χ1n) is 11.6. The minimum Gasteiger partial charge on any atom is -0.508 e. The molecule has 3 N–H and O–H groups in total. The third kappa shape index (κ3) is 4.94. The fourth-order valence-electron chi connectivity index (χ4n) is 5.44. The highest BCUT2D eigenvalue weighted by Gasteiger charge is 2.53. The minimum atomic E-state index is -0.820. The van der Waals surface area contributed by atoms with Crippen LogP contribution in [0.15, 0.2) is 89.8 Å². The van der Waals surface area contributed by atoms with Crippen LogP contribution in [0.1, 0.15) is 24.0 Å². The summed E-state index contributed by atoms with van der Waals surface area (Å²) in [5, 5.41) is 9.46. The van der Waals surface area contributed by atoms with Gasteiger partial charge in [0.15, 0.2) is 0 Å². The number of hydrogen-bond donors (Lipinski definition) is 2. The molecule has 1 unspecified atom stereocenters. The van der Waals surface area contributed by atoms with Crippen LogP contribution in [0.5, 0.6) is 5.75 Å². The Morgan fingerprint density at radius 3 is 2.12 bits per heavy atom. The third-order valence-corrected chi connectivity index (χ3v) is 8.18. The Labute approximate surface area is 201 Å². The number of aromatic hydroxyl groups is 1. The molecule has 4 nitrogen and oxygen atoms in total. The van der Waals surface area contributed by atoms with Crippen molar-refractivity contribution in [1.29, 1.82) is 0 Å². The highest BCUT2D eigenvalue weighted by Crippen LogP contribution is 2.45. The number of carbonyl (C=O) groups is 1. The van der Waals surface area contributed by atoms with Gasteiger partial charge in [-0.2, -0.15) is 0 Å². The van der Waals surface area contributed by atoms with Crippen molar-refractivity contribution in [2.45, 2.75) is 23.2 Å². The number of phenolic OH excluding ortho intramolecular Hbond substituents is 1. The first-order chi connectivity index (χ1) is 15.9. The van der Waals surface area contributed by atoms with Crippen molar-refractivity contribution in [3.63, 3.8) is 0 Å². The smallest absolute Gasteiger partial charge is 0.233 e. The van der Waals surface area contributed by atoms with Crippen molar-refractivity contribution in [2.24, 2.45) is 11.7 Å². The maximum Gasteiger partial charge on any atom is 0.233 e. The van der Waals surface area contributed by atoms with E-state index in [1.807, 2.05) is 60.3 Å².